The Hall–Kier alpha value is -4.74. The number of rotatable bonds is 4. The third kappa shape index (κ3) is 8.47. The normalized spacial score (nSPS) is 15.4. The molecular formula is C32H36ClN11O4S. The first-order valence-electron chi connectivity index (χ1n) is 15.6. The van der Waals surface area contributed by atoms with E-state index >= 15 is 0 Å². The molecule has 0 bridgehead atoms. The molecule has 0 spiro atoms. The maximum absolute atomic E-state index is 11.6. The summed E-state index contributed by atoms with van der Waals surface area (Å²) in [5, 5.41) is 23.9. The molecule has 2 fully saturated rings. The van der Waals surface area contributed by atoms with E-state index in [0.717, 1.165) is 48.1 Å². The van der Waals surface area contributed by atoms with Crippen LogP contribution in [-0.2, 0) is 14.8 Å². The zero-order chi connectivity index (χ0) is 34.4. The number of morpholine rings is 1. The molecule has 4 aromatic heterocycles. The van der Waals surface area contributed by atoms with Crippen molar-refractivity contribution in [3.05, 3.63) is 84.3 Å². The average molecular weight is 706 g/mol. The summed E-state index contributed by atoms with van der Waals surface area (Å²) in [6, 6.07) is 14.7. The van der Waals surface area contributed by atoms with Gasteiger partial charge in [0.2, 0.25) is 10.0 Å². The molecule has 2 N–H and O–H groups in total. The number of halogens is 1. The lowest BCUT2D eigenvalue weighted by Gasteiger charge is -2.33. The van der Waals surface area contributed by atoms with Gasteiger partial charge in [0, 0.05) is 68.2 Å². The first-order chi connectivity index (χ1) is 23.7. The largest absolute Gasteiger partial charge is 0.508 e. The van der Waals surface area contributed by atoms with Crippen molar-refractivity contribution in [3.8, 4) is 17.4 Å². The van der Waals surface area contributed by atoms with Gasteiger partial charge in [0.25, 0.3) is 0 Å². The lowest BCUT2D eigenvalue weighted by Crippen LogP contribution is -2.48. The van der Waals surface area contributed by atoms with E-state index in [9.17, 15) is 13.5 Å². The van der Waals surface area contributed by atoms with E-state index in [1.54, 1.807) is 39.8 Å². The Balaban J connectivity index is 0.000000154. The monoisotopic (exact) mass is 705 g/mol. The summed E-state index contributed by atoms with van der Waals surface area (Å²) in [7, 11) is -3.17. The predicted octanol–water partition coefficient (Wildman–Crippen LogP) is 2.99. The van der Waals surface area contributed by atoms with Crippen LogP contribution >= 0.6 is 11.6 Å². The van der Waals surface area contributed by atoms with Crippen molar-refractivity contribution in [2.24, 2.45) is 0 Å². The van der Waals surface area contributed by atoms with Gasteiger partial charge in [-0.05, 0) is 30.7 Å². The molecule has 49 heavy (non-hydrogen) atoms. The van der Waals surface area contributed by atoms with Crippen LogP contribution in [0.2, 0.25) is 5.15 Å². The van der Waals surface area contributed by atoms with Gasteiger partial charge in [-0.3, -0.25) is 0 Å². The number of fused-ring (bicyclic) bond motifs is 2. The fourth-order valence-corrected chi connectivity index (χ4v) is 6.30. The Morgan fingerprint density at radius 2 is 1.37 bits per heavy atom. The number of benzene rings is 2. The van der Waals surface area contributed by atoms with E-state index in [1.807, 2.05) is 30.2 Å². The van der Waals surface area contributed by atoms with Crippen LogP contribution in [0, 0.1) is 6.92 Å². The molecular weight excluding hydrogens is 670 g/mol. The third-order valence-electron chi connectivity index (χ3n) is 7.85. The summed E-state index contributed by atoms with van der Waals surface area (Å²) in [5.74, 6) is 2.13. The molecule has 2 aliphatic heterocycles. The third-order valence-corrected chi connectivity index (χ3v) is 9.36. The molecule has 6 aromatic rings. The molecule has 2 aliphatic rings. The minimum atomic E-state index is -3.17. The molecule has 0 aliphatic carbocycles. The number of nitrogens with zero attached hydrogens (tertiary/aromatic N) is 10. The second-order valence-electron chi connectivity index (χ2n) is 11.4. The topological polar surface area (TPSA) is 169 Å². The second-order valence-corrected chi connectivity index (χ2v) is 13.7. The van der Waals surface area contributed by atoms with Crippen LogP contribution in [0.5, 0.6) is 5.75 Å². The van der Waals surface area contributed by atoms with E-state index in [2.05, 4.69) is 47.6 Å². The van der Waals surface area contributed by atoms with E-state index < -0.39 is 10.0 Å². The van der Waals surface area contributed by atoms with Crippen LogP contribution in [0.4, 0.5) is 5.82 Å². The number of nitrogens with one attached hydrogen (secondary N) is 1. The van der Waals surface area contributed by atoms with Crippen molar-refractivity contribution < 1.29 is 18.3 Å². The molecule has 0 amide bonds. The maximum Gasteiger partial charge on any atom is 0.211 e. The highest BCUT2D eigenvalue weighted by atomic mass is 35.5. The summed E-state index contributed by atoms with van der Waals surface area (Å²) in [6.07, 6.45) is 7.64. The van der Waals surface area contributed by atoms with Gasteiger partial charge < -0.3 is 20.1 Å². The Morgan fingerprint density at radius 1 is 0.776 bits per heavy atom. The summed E-state index contributed by atoms with van der Waals surface area (Å²) < 4.78 is 33.2. The highest BCUT2D eigenvalue weighted by Gasteiger charge is 2.24. The zero-order valence-electron chi connectivity index (χ0n) is 27.0. The fourth-order valence-electron chi connectivity index (χ4n) is 5.33. The van der Waals surface area contributed by atoms with Crippen molar-refractivity contribution in [3.63, 3.8) is 0 Å². The highest BCUT2D eigenvalue weighted by Crippen LogP contribution is 2.24. The minimum Gasteiger partial charge on any atom is -0.508 e. The van der Waals surface area contributed by atoms with Crippen molar-refractivity contribution in [2.45, 2.75) is 6.92 Å². The number of ether oxygens (including phenoxy) is 1. The molecule has 0 radical (unpaired) electrons. The Bertz CT molecular complexity index is 2130. The summed E-state index contributed by atoms with van der Waals surface area (Å²) in [5.41, 5.74) is 2.94. The van der Waals surface area contributed by atoms with Gasteiger partial charge in [0.15, 0.2) is 11.6 Å². The number of aromatic hydroxyl groups is 1. The van der Waals surface area contributed by atoms with E-state index in [-0.39, 0.29) is 5.75 Å². The van der Waals surface area contributed by atoms with Crippen molar-refractivity contribution in [1.82, 2.24) is 49.1 Å². The van der Waals surface area contributed by atoms with Gasteiger partial charge in [-0.2, -0.15) is 14.5 Å². The fraction of sp³-hybridized carbons (Fsp3) is 0.312. The molecule has 17 heteroatoms. The van der Waals surface area contributed by atoms with E-state index in [1.165, 1.54) is 28.8 Å². The number of phenolic OH excluding ortho intramolecular Hbond substituents is 1. The molecule has 2 aromatic carbocycles. The van der Waals surface area contributed by atoms with Crippen LogP contribution < -0.4 is 10.2 Å². The highest BCUT2D eigenvalue weighted by molar-refractivity contribution is 7.88. The van der Waals surface area contributed by atoms with Crippen LogP contribution in [0.15, 0.2) is 73.6 Å². The standard InChI is InChI=1S/C16H18N6O3S.C12H9ClN4.C4H9NO/c1-26(24,25)21-6-4-20(5-7-21)15-9-16(18-11-17-15)22-14-8-13(23)3-2-12(14)10-19-22;1-8-2-3-9-6-16-17(10(9)4-8)12-5-11(13)14-7-15-12;1-3-6-4-2-5-1/h2-3,8-11,23H,4-7H2,1H3;2-7H,1H3;5H,1-4H2. The van der Waals surface area contributed by atoms with E-state index in [4.69, 9.17) is 16.3 Å². The Labute approximate surface area is 288 Å². The molecule has 0 saturated carbocycles. The van der Waals surface area contributed by atoms with Crippen LogP contribution in [-0.4, -0.2) is 116 Å². The molecule has 8 rings (SSSR count). The average Bonchev–Trinajstić information content (AvgIpc) is 3.73. The Kier molecular flexibility index (Phi) is 10.6. The van der Waals surface area contributed by atoms with Crippen molar-refractivity contribution >= 4 is 49.2 Å². The lowest BCUT2D eigenvalue weighted by molar-refractivity contribution is 0.109. The number of sulfonamides is 1. The molecule has 256 valence electrons. The number of anilines is 1. The van der Waals surface area contributed by atoms with Crippen molar-refractivity contribution in [2.75, 3.05) is 63.6 Å². The van der Waals surface area contributed by atoms with Gasteiger partial charge in [-0.25, -0.2) is 37.7 Å². The second kappa shape index (κ2) is 15.2. The van der Waals surface area contributed by atoms with Gasteiger partial charge in [-0.1, -0.05) is 23.7 Å². The summed E-state index contributed by atoms with van der Waals surface area (Å²) in [6.45, 7) is 7.85. The van der Waals surface area contributed by atoms with Gasteiger partial charge in [0.1, 0.15) is 29.4 Å². The minimum absolute atomic E-state index is 0.158. The number of aromatic nitrogens is 8. The zero-order valence-corrected chi connectivity index (χ0v) is 28.6. The van der Waals surface area contributed by atoms with Crippen LogP contribution in [0.1, 0.15) is 5.56 Å². The quantitative estimate of drug-likeness (QED) is 0.258. The number of piperazine rings is 1. The SMILES string of the molecule is C1COCCN1.CS(=O)(=O)N1CCN(c2cc(-n3ncc4ccc(O)cc43)ncn2)CC1.Cc1ccc2cnn(-c3cc(Cl)ncn3)c2c1. The van der Waals surface area contributed by atoms with Crippen LogP contribution in [0.3, 0.4) is 0 Å². The van der Waals surface area contributed by atoms with Gasteiger partial charge >= 0.3 is 0 Å². The predicted molar refractivity (Wildman–Crippen MR) is 187 cm³/mol. The Morgan fingerprint density at radius 3 is 1.96 bits per heavy atom. The number of aryl methyl sites for hydroxylation is 1. The number of phenols is 1. The summed E-state index contributed by atoms with van der Waals surface area (Å²) in [4.78, 5) is 18.7. The van der Waals surface area contributed by atoms with Gasteiger partial charge in [-0.15, -0.1) is 0 Å². The first kappa shape index (κ1) is 34.1. The first-order valence-corrected chi connectivity index (χ1v) is 17.8. The maximum atomic E-state index is 11.6. The van der Waals surface area contributed by atoms with Gasteiger partial charge in [0.05, 0.1) is 42.9 Å². The molecule has 2 saturated heterocycles. The smallest absolute Gasteiger partial charge is 0.211 e. The van der Waals surface area contributed by atoms with Crippen molar-refractivity contribution in [1.29, 1.82) is 0 Å². The molecule has 0 atom stereocenters. The number of hydrogen-bond donors (Lipinski definition) is 2. The molecule has 15 nitrogen and oxygen atoms in total. The molecule has 0 unspecified atom stereocenters. The van der Waals surface area contributed by atoms with Crippen LogP contribution in [0.25, 0.3) is 33.4 Å². The van der Waals surface area contributed by atoms with E-state index in [0.29, 0.717) is 48.8 Å². The summed E-state index contributed by atoms with van der Waals surface area (Å²) >= 11 is 5.85. The molecule has 6 heterocycles. The number of hydrogen-bond acceptors (Lipinski definition) is 12. The lowest BCUT2D eigenvalue weighted by atomic mass is 10.2.